The summed E-state index contributed by atoms with van der Waals surface area (Å²) in [6.07, 6.45) is -1.42. The number of nitro benzene ring substituents is 2. The van der Waals surface area contributed by atoms with Crippen molar-refractivity contribution in [2.24, 2.45) is 10.8 Å². The van der Waals surface area contributed by atoms with Crippen LogP contribution in [-0.4, -0.2) is 35.5 Å². The van der Waals surface area contributed by atoms with Crippen LogP contribution in [-0.2, 0) is 0 Å². The molecule has 0 aliphatic carbocycles. The number of nitro groups is 2. The summed E-state index contributed by atoms with van der Waals surface area (Å²) in [5, 5.41) is 24.5. The molecule has 0 saturated heterocycles. The van der Waals surface area contributed by atoms with E-state index in [1.807, 2.05) is 0 Å². The van der Waals surface area contributed by atoms with Crippen molar-refractivity contribution < 1.29 is 28.8 Å². The molecule has 2 unspecified atom stereocenters. The zero-order chi connectivity index (χ0) is 21.7. The Balaban J connectivity index is 0.000000172. The van der Waals surface area contributed by atoms with Crippen LogP contribution < -0.4 is 24.7 Å². The van der Waals surface area contributed by atoms with Crippen LogP contribution in [0.1, 0.15) is 0 Å². The van der Waals surface area contributed by atoms with Crippen molar-refractivity contribution in [2.75, 3.05) is 13.1 Å². The highest BCUT2D eigenvalue weighted by Crippen LogP contribution is 2.42. The smallest absolute Gasteiger partial charge is 0.315 e. The lowest BCUT2D eigenvalue weighted by atomic mass is 10.3. The number of para-hydroxylation sites is 2. The Hall–Kier alpha value is -4.29. The number of ether oxygens (including phenoxy) is 4. The van der Waals surface area contributed by atoms with E-state index in [4.69, 9.17) is 30.2 Å². The molecule has 30 heavy (non-hydrogen) atoms. The second-order valence-electron chi connectivity index (χ2n) is 5.70. The summed E-state index contributed by atoms with van der Waals surface area (Å²) < 4.78 is 20.7. The Morgan fingerprint density at radius 1 is 0.933 bits per heavy atom. The first-order chi connectivity index (χ1) is 14.4. The topological polar surface area (TPSA) is 198 Å². The van der Waals surface area contributed by atoms with Crippen LogP contribution in [0.25, 0.3) is 10.4 Å². The number of hydrogen-bond donors (Lipinski definition) is 1. The Kier molecular flexibility index (Phi) is 6.00. The molecule has 14 nitrogen and oxygen atoms in total. The molecular weight excluding hydrogens is 404 g/mol. The van der Waals surface area contributed by atoms with E-state index in [2.05, 4.69) is 10.0 Å². The largest absolute Gasteiger partial charge is 0.451 e. The summed E-state index contributed by atoms with van der Waals surface area (Å²) in [5.74, 6) is 0.889. The van der Waals surface area contributed by atoms with Gasteiger partial charge < -0.3 is 24.7 Å². The molecule has 2 aliphatic rings. The van der Waals surface area contributed by atoms with Gasteiger partial charge in [-0.1, -0.05) is 17.2 Å². The Labute approximate surface area is 167 Å². The number of azide groups is 1. The molecule has 2 N–H and O–H groups in total. The molecule has 0 aromatic heterocycles. The quantitative estimate of drug-likeness (QED) is 0.249. The third kappa shape index (κ3) is 4.24. The predicted molar refractivity (Wildman–Crippen MR) is 99.3 cm³/mol. The molecule has 4 rings (SSSR count). The van der Waals surface area contributed by atoms with Crippen molar-refractivity contribution in [1.82, 2.24) is 0 Å². The fourth-order valence-corrected chi connectivity index (χ4v) is 2.59. The highest BCUT2D eigenvalue weighted by atomic mass is 16.7. The fourth-order valence-electron chi connectivity index (χ4n) is 2.59. The second-order valence-corrected chi connectivity index (χ2v) is 5.70. The van der Waals surface area contributed by atoms with Crippen LogP contribution >= 0.6 is 0 Å². The van der Waals surface area contributed by atoms with E-state index in [1.165, 1.54) is 18.2 Å². The van der Waals surface area contributed by atoms with Crippen molar-refractivity contribution in [3.63, 3.8) is 0 Å². The molecule has 0 radical (unpaired) electrons. The van der Waals surface area contributed by atoms with E-state index in [9.17, 15) is 20.2 Å². The third-order valence-electron chi connectivity index (χ3n) is 3.81. The first-order valence-electron chi connectivity index (χ1n) is 8.37. The SMILES string of the molecule is NCC1Oc2cccc([N+](=O)[O-])c2O1.[N-]=[N+]=NCC1Oc2cccc([N+](=O)[O-])c2O1. The molecule has 156 valence electrons. The number of hydrogen-bond acceptors (Lipinski definition) is 10. The standard InChI is InChI=1S/C8H6N4O4.C8H8N2O4/c9-11-10-4-7-15-6-3-1-2-5(12(13)14)8(6)16-7;9-4-7-13-6-3-1-2-5(10(11)12)8(6)14-7/h1-3,7H,4H2;1-3,7H,4,9H2. The van der Waals surface area contributed by atoms with Gasteiger partial charge in [-0.3, -0.25) is 20.2 Å². The van der Waals surface area contributed by atoms with Gasteiger partial charge in [0.2, 0.25) is 17.8 Å². The third-order valence-corrected chi connectivity index (χ3v) is 3.81. The normalized spacial score (nSPS) is 17.4. The number of nitrogens with zero attached hydrogens (tertiary/aromatic N) is 5. The number of benzene rings is 2. The molecular formula is C16H14N6O8. The van der Waals surface area contributed by atoms with Crippen LogP contribution in [0.4, 0.5) is 11.4 Å². The maximum absolute atomic E-state index is 10.7. The minimum atomic E-state index is -0.799. The molecule has 2 aliphatic heterocycles. The van der Waals surface area contributed by atoms with Crippen LogP contribution in [0.15, 0.2) is 41.5 Å². The van der Waals surface area contributed by atoms with Gasteiger partial charge in [0.15, 0.2) is 11.5 Å². The molecule has 2 heterocycles. The van der Waals surface area contributed by atoms with Gasteiger partial charge in [-0.2, -0.15) is 0 Å². The van der Waals surface area contributed by atoms with Crippen LogP contribution in [0, 0.1) is 20.2 Å². The van der Waals surface area contributed by atoms with Crippen molar-refractivity contribution in [3.8, 4) is 23.0 Å². The Morgan fingerprint density at radius 3 is 1.90 bits per heavy atom. The van der Waals surface area contributed by atoms with E-state index < -0.39 is 22.4 Å². The van der Waals surface area contributed by atoms with E-state index in [-0.39, 0.29) is 41.7 Å². The summed E-state index contributed by atoms with van der Waals surface area (Å²) >= 11 is 0. The summed E-state index contributed by atoms with van der Waals surface area (Å²) in [6.45, 7) is 0.119. The van der Waals surface area contributed by atoms with E-state index in [0.29, 0.717) is 5.75 Å². The summed E-state index contributed by atoms with van der Waals surface area (Å²) in [7, 11) is 0. The molecule has 14 heteroatoms. The van der Waals surface area contributed by atoms with Crippen molar-refractivity contribution in [3.05, 3.63) is 67.1 Å². The Morgan fingerprint density at radius 2 is 1.43 bits per heavy atom. The van der Waals surface area contributed by atoms with Crippen molar-refractivity contribution in [2.45, 2.75) is 12.6 Å². The minimum absolute atomic E-state index is 0.0394. The zero-order valence-corrected chi connectivity index (χ0v) is 15.1. The fraction of sp³-hybridized carbons (Fsp3) is 0.250. The zero-order valence-electron chi connectivity index (χ0n) is 15.1. The number of fused-ring (bicyclic) bond motifs is 2. The van der Waals surface area contributed by atoms with E-state index in [0.717, 1.165) is 0 Å². The highest BCUT2D eigenvalue weighted by Gasteiger charge is 2.31. The lowest BCUT2D eigenvalue weighted by molar-refractivity contribution is -0.385. The van der Waals surface area contributed by atoms with E-state index in [1.54, 1.807) is 18.2 Å². The summed E-state index contributed by atoms with van der Waals surface area (Å²) in [5.41, 5.74) is 13.2. The lowest BCUT2D eigenvalue weighted by Crippen LogP contribution is -2.28. The predicted octanol–water partition coefficient (Wildman–Crippen LogP) is 2.65. The maximum atomic E-state index is 10.7. The first-order valence-corrected chi connectivity index (χ1v) is 8.37. The van der Waals surface area contributed by atoms with Crippen molar-refractivity contribution >= 4 is 11.4 Å². The van der Waals surface area contributed by atoms with Gasteiger partial charge in [0.25, 0.3) is 6.29 Å². The van der Waals surface area contributed by atoms with Crippen LogP contribution in [0.3, 0.4) is 0 Å². The molecule has 0 saturated carbocycles. The number of nitrogens with two attached hydrogens (primary N) is 1. The molecule has 2 aromatic rings. The van der Waals surface area contributed by atoms with Crippen LogP contribution in [0.2, 0.25) is 0 Å². The average Bonchev–Trinajstić information content (AvgIpc) is 3.35. The van der Waals surface area contributed by atoms with E-state index >= 15 is 0 Å². The highest BCUT2D eigenvalue weighted by molar-refractivity contribution is 5.58. The maximum Gasteiger partial charge on any atom is 0.315 e. The minimum Gasteiger partial charge on any atom is -0.451 e. The molecule has 2 aromatic carbocycles. The monoisotopic (exact) mass is 418 g/mol. The van der Waals surface area contributed by atoms with Gasteiger partial charge in [0.05, 0.1) is 16.4 Å². The second kappa shape index (κ2) is 8.81. The van der Waals surface area contributed by atoms with Gasteiger partial charge in [0.1, 0.15) is 6.54 Å². The molecule has 0 bridgehead atoms. The number of rotatable bonds is 5. The molecule has 2 atom stereocenters. The lowest BCUT2D eigenvalue weighted by Gasteiger charge is -2.04. The molecule has 0 spiro atoms. The Bertz CT molecular complexity index is 1020. The van der Waals surface area contributed by atoms with Crippen molar-refractivity contribution in [1.29, 1.82) is 0 Å². The van der Waals surface area contributed by atoms with Crippen LogP contribution in [0.5, 0.6) is 23.0 Å². The molecule has 0 fully saturated rings. The van der Waals surface area contributed by atoms with Gasteiger partial charge in [-0.15, -0.1) is 0 Å². The van der Waals surface area contributed by atoms with Gasteiger partial charge in [0, 0.05) is 17.0 Å². The summed E-state index contributed by atoms with van der Waals surface area (Å²) in [4.78, 5) is 22.7. The van der Waals surface area contributed by atoms with Gasteiger partial charge in [-0.05, 0) is 17.7 Å². The van der Waals surface area contributed by atoms with Gasteiger partial charge >= 0.3 is 11.4 Å². The molecule has 0 amide bonds. The van der Waals surface area contributed by atoms with Gasteiger partial charge in [-0.25, -0.2) is 0 Å². The first kappa shape index (κ1) is 20.4. The average molecular weight is 418 g/mol. The summed E-state index contributed by atoms with van der Waals surface area (Å²) in [6, 6.07) is 8.88.